The van der Waals surface area contributed by atoms with Gasteiger partial charge in [-0.2, -0.15) is 0 Å². The molecule has 1 fully saturated rings. The van der Waals surface area contributed by atoms with Crippen LogP contribution in [0.1, 0.15) is 24.0 Å². The van der Waals surface area contributed by atoms with E-state index in [1.807, 2.05) is 0 Å². The molecule has 1 saturated carbocycles. The van der Waals surface area contributed by atoms with Crippen molar-refractivity contribution < 1.29 is 19.7 Å². The summed E-state index contributed by atoms with van der Waals surface area (Å²) < 4.78 is 5.62. The first-order chi connectivity index (χ1) is 7.94. The molecule has 5 heteroatoms. The Bertz CT molecular complexity index is 492. The minimum absolute atomic E-state index is 0.0156. The fraction of sp³-hybridized carbons (Fsp3) is 0.417. The number of benzene rings is 1. The first-order valence-electron chi connectivity index (χ1n) is 5.24. The molecule has 0 radical (unpaired) electrons. The normalized spacial score (nSPS) is 16.6. The van der Waals surface area contributed by atoms with Crippen LogP contribution < -0.4 is 4.74 Å². The number of hydrogen-bond acceptors (Lipinski definition) is 3. The summed E-state index contributed by atoms with van der Waals surface area (Å²) in [6.45, 7) is 1.79. The zero-order valence-corrected chi connectivity index (χ0v) is 11.2. The Morgan fingerprint density at radius 1 is 1.53 bits per heavy atom. The largest absolute Gasteiger partial charge is 0.504 e. The number of carboxylic acids is 1. The van der Waals surface area contributed by atoms with Gasteiger partial charge >= 0.3 is 5.97 Å². The van der Waals surface area contributed by atoms with E-state index in [9.17, 15) is 15.0 Å². The van der Waals surface area contributed by atoms with Gasteiger partial charge in [0.1, 0.15) is 0 Å². The Balaban J connectivity index is 2.66. The second kappa shape index (κ2) is 3.91. The lowest BCUT2D eigenvalue weighted by molar-refractivity contribution is -0.140. The van der Waals surface area contributed by atoms with Crippen molar-refractivity contribution in [2.24, 2.45) is 0 Å². The lowest BCUT2D eigenvalue weighted by Gasteiger charge is -2.18. The third-order valence-corrected chi connectivity index (χ3v) is 4.00. The van der Waals surface area contributed by atoms with Crippen LogP contribution in [0.3, 0.4) is 0 Å². The topological polar surface area (TPSA) is 66.8 Å². The Morgan fingerprint density at radius 3 is 2.53 bits per heavy atom. The number of aliphatic carboxylic acids is 1. The molecule has 1 aromatic carbocycles. The van der Waals surface area contributed by atoms with Crippen LogP contribution in [-0.2, 0) is 10.2 Å². The van der Waals surface area contributed by atoms with Gasteiger partial charge in [-0.15, -0.1) is 0 Å². The van der Waals surface area contributed by atoms with Crippen molar-refractivity contribution in [2.45, 2.75) is 25.2 Å². The average molecular weight is 301 g/mol. The molecule has 92 valence electrons. The number of ether oxygens (including phenoxy) is 1. The van der Waals surface area contributed by atoms with E-state index in [2.05, 4.69) is 15.9 Å². The lowest BCUT2D eigenvalue weighted by atomic mass is 9.91. The number of aryl methyl sites for hydroxylation is 1. The van der Waals surface area contributed by atoms with Gasteiger partial charge in [-0.3, -0.25) is 4.79 Å². The van der Waals surface area contributed by atoms with E-state index >= 15 is 0 Å². The van der Waals surface area contributed by atoms with Crippen molar-refractivity contribution in [1.29, 1.82) is 0 Å². The zero-order valence-electron chi connectivity index (χ0n) is 9.58. The number of aromatic hydroxyl groups is 1. The molecule has 0 aliphatic heterocycles. The fourth-order valence-corrected chi connectivity index (χ4v) is 3.28. The van der Waals surface area contributed by atoms with E-state index in [4.69, 9.17) is 4.74 Å². The zero-order chi connectivity index (χ0) is 12.8. The van der Waals surface area contributed by atoms with E-state index in [1.54, 1.807) is 13.0 Å². The maximum Gasteiger partial charge on any atom is 0.314 e. The molecule has 0 amide bonds. The van der Waals surface area contributed by atoms with Gasteiger partial charge in [0, 0.05) is 0 Å². The average Bonchev–Trinajstić information content (AvgIpc) is 2.98. The third kappa shape index (κ3) is 1.69. The highest BCUT2D eigenvalue weighted by atomic mass is 79.9. The Hall–Kier alpha value is -1.23. The SMILES string of the molecule is COc1c(O)cc(C)c(C2(C(=O)O)CC2)c1Br. The van der Waals surface area contributed by atoms with Gasteiger partial charge in [-0.1, -0.05) is 0 Å². The maximum atomic E-state index is 11.3. The van der Waals surface area contributed by atoms with Gasteiger partial charge < -0.3 is 14.9 Å². The van der Waals surface area contributed by atoms with Crippen LogP contribution in [0, 0.1) is 6.92 Å². The van der Waals surface area contributed by atoms with Crippen LogP contribution in [0.25, 0.3) is 0 Å². The van der Waals surface area contributed by atoms with Crippen molar-refractivity contribution in [3.05, 3.63) is 21.7 Å². The van der Waals surface area contributed by atoms with E-state index in [-0.39, 0.29) is 11.5 Å². The van der Waals surface area contributed by atoms with Gasteiger partial charge in [0.25, 0.3) is 0 Å². The molecule has 0 unspecified atom stereocenters. The Kier molecular flexibility index (Phi) is 2.81. The molecular weight excluding hydrogens is 288 g/mol. The van der Waals surface area contributed by atoms with Gasteiger partial charge in [-0.05, 0) is 52.9 Å². The molecule has 0 aromatic heterocycles. The van der Waals surface area contributed by atoms with Crippen molar-refractivity contribution in [3.8, 4) is 11.5 Å². The van der Waals surface area contributed by atoms with Crippen LogP contribution >= 0.6 is 15.9 Å². The number of hydrogen-bond donors (Lipinski definition) is 2. The molecule has 1 aliphatic rings. The number of phenolic OH excluding ortho intramolecular Hbond substituents is 1. The maximum absolute atomic E-state index is 11.3. The Morgan fingerprint density at radius 2 is 2.12 bits per heavy atom. The monoisotopic (exact) mass is 300 g/mol. The van der Waals surface area contributed by atoms with Crippen molar-refractivity contribution in [2.75, 3.05) is 7.11 Å². The summed E-state index contributed by atoms with van der Waals surface area (Å²) >= 11 is 3.34. The van der Waals surface area contributed by atoms with E-state index < -0.39 is 11.4 Å². The van der Waals surface area contributed by atoms with Gasteiger partial charge in [0.15, 0.2) is 11.5 Å². The van der Waals surface area contributed by atoms with Gasteiger partial charge in [0.2, 0.25) is 0 Å². The first-order valence-corrected chi connectivity index (χ1v) is 6.03. The third-order valence-electron chi connectivity index (χ3n) is 3.24. The van der Waals surface area contributed by atoms with Crippen LogP contribution in [0.4, 0.5) is 0 Å². The quantitative estimate of drug-likeness (QED) is 0.900. The van der Waals surface area contributed by atoms with Crippen LogP contribution in [0.2, 0.25) is 0 Å². The van der Waals surface area contributed by atoms with Crippen molar-refractivity contribution in [1.82, 2.24) is 0 Å². The standard InChI is InChI=1S/C12H13BrO4/c1-6-5-7(14)10(17-2)9(13)8(6)12(3-4-12)11(15)16/h5,14H,3-4H2,1-2H3,(H,15,16). The molecule has 0 spiro atoms. The number of carboxylic acid groups (broad SMARTS) is 1. The summed E-state index contributed by atoms with van der Waals surface area (Å²) in [7, 11) is 1.44. The first kappa shape index (κ1) is 12.2. The summed E-state index contributed by atoms with van der Waals surface area (Å²) in [6.07, 6.45) is 1.24. The van der Waals surface area contributed by atoms with Crippen molar-refractivity contribution in [3.63, 3.8) is 0 Å². The molecule has 0 heterocycles. The van der Waals surface area contributed by atoms with Gasteiger partial charge in [0.05, 0.1) is 17.0 Å². The predicted octanol–water partition coefficient (Wildman–Crippen LogP) is 2.59. The molecule has 2 rings (SSSR count). The lowest BCUT2D eigenvalue weighted by Crippen LogP contribution is -2.21. The highest BCUT2D eigenvalue weighted by Crippen LogP contribution is 2.55. The van der Waals surface area contributed by atoms with Gasteiger partial charge in [-0.25, -0.2) is 0 Å². The highest BCUT2D eigenvalue weighted by Gasteiger charge is 2.54. The number of carbonyl (C=O) groups is 1. The molecular formula is C12H13BrO4. The smallest absolute Gasteiger partial charge is 0.314 e. The van der Waals surface area contributed by atoms with E-state index in [0.29, 0.717) is 22.9 Å². The summed E-state index contributed by atoms with van der Waals surface area (Å²) in [5.41, 5.74) is 0.652. The fourth-order valence-electron chi connectivity index (χ4n) is 2.22. The van der Waals surface area contributed by atoms with Crippen LogP contribution in [-0.4, -0.2) is 23.3 Å². The minimum atomic E-state index is -0.825. The van der Waals surface area contributed by atoms with Crippen LogP contribution in [0.5, 0.6) is 11.5 Å². The molecule has 0 saturated heterocycles. The molecule has 1 aromatic rings. The Labute approximate surface area is 107 Å². The summed E-state index contributed by atoms with van der Waals surface area (Å²) in [4.78, 5) is 11.3. The predicted molar refractivity (Wildman–Crippen MR) is 65.6 cm³/mol. The molecule has 0 bridgehead atoms. The van der Waals surface area contributed by atoms with E-state index in [0.717, 1.165) is 5.56 Å². The summed E-state index contributed by atoms with van der Waals surface area (Å²) in [6, 6.07) is 1.54. The molecule has 2 N–H and O–H groups in total. The molecule has 4 nitrogen and oxygen atoms in total. The molecule has 17 heavy (non-hydrogen) atoms. The highest BCUT2D eigenvalue weighted by molar-refractivity contribution is 9.10. The van der Waals surface area contributed by atoms with E-state index in [1.165, 1.54) is 7.11 Å². The summed E-state index contributed by atoms with van der Waals surface area (Å²) in [5, 5.41) is 19.0. The second-order valence-corrected chi connectivity index (χ2v) is 5.12. The van der Waals surface area contributed by atoms with Crippen LogP contribution in [0.15, 0.2) is 10.5 Å². The minimum Gasteiger partial charge on any atom is -0.504 e. The number of rotatable bonds is 3. The number of halogens is 1. The molecule has 1 aliphatic carbocycles. The number of methoxy groups -OCH3 is 1. The molecule has 0 atom stereocenters. The number of phenols is 1. The summed E-state index contributed by atoms with van der Waals surface area (Å²) in [5.74, 6) is -0.519. The van der Waals surface area contributed by atoms with Crippen molar-refractivity contribution >= 4 is 21.9 Å². The second-order valence-electron chi connectivity index (χ2n) is 4.32.